The number of hydrogen-bond acceptors (Lipinski definition) is 1. The van der Waals surface area contributed by atoms with Gasteiger partial charge >= 0.3 is 0 Å². The summed E-state index contributed by atoms with van der Waals surface area (Å²) in [5, 5.41) is 5.38. The Morgan fingerprint density at radius 2 is 1.95 bits per heavy atom. The van der Waals surface area contributed by atoms with Gasteiger partial charge in [-0.15, -0.1) is 6.58 Å². The molecular formula is C19H18INO. The highest BCUT2D eigenvalue weighted by Crippen LogP contribution is 2.37. The molecule has 0 saturated carbocycles. The van der Waals surface area contributed by atoms with Crippen molar-refractivity contribution in [2.45, 2.75) is 19.3 Å². The molecule has 1 aliphatic rings. The molecule has 0 aromatic heterocycles. The van der Waals surface area contributed by atoms with Gasteiger partial charge in [0.2, 0.25) is 0 Å². The Morgan fingerprint density at radius 1 is 1.23 bits per heavy atom. The van der Waals surface area contributed by atoms with E-state index in [1.54, 1.807) is 6.08 Å². The third kappa shape index (κ3) is 2.95. The third-order valence-corrected chi connectivity index (χ3v) is 5.18. The van der Waals surface area contributed by atoms with Crippen molar-refractivity contribution in [1.29, 1.82) is 0 Å². The van der Waals surface area contributed by atoms with Crippen molar-refractivity contribution in [2.75, 3.05) is 6.54 Å². The summed E-state index contributed by atoms with van der Waals surface area (Å²) in [4.78, 5) is 12.3. The van der Waals surface area contributed by atoms with Gasteiger partial charge in [0.1, 0.15) is 0 Å². The third-order valence-electron chi connectivity index (χ3n) is 4.04. The molecule has 0 fully saturated rings. The van der Waals surface area contributed by atoms with Gasteiger partial charge in [-0.25, -0.2) is 0 Å². The smallest absolute Gasteiger partial charge is 0.257 e. The van der Waals surface area contributed by atoms with Crippen molar-refractivity contribution in [3.63, 3.8) is 0 Å². The van der Waals surface area contributed by atoms with Crippen LogP contribution in [0.2, 0.25) is 0 Å². The quantitative estimate of drug-likeness (QED) is 0.452. The number of aryl methyl sites for hydroxylation is 1. The van der Waals surface area contributed by atoms with Crippen LogP contribution in [-0.4, -0.2) is 12.5 Å². The molecule has 0 aliphatic heterocycles. The predicted molar refractivity (Wildman–Crippen MR) is 101 cm³/mol. The Balaban J connectivity index is 2.08. The van der Waals surface area contributed by atoms with Crippen LogP contribution in [0.15, 0.2) is 52.6 Å². The van der Waals surface area contributed by atoms with Crippen molar-refractivity contribution in [3.05, 3.63) is 63.8 Å². The average molecular weight is 403 g/mol. The number of amides is 1. The first-order valence-electron chi connectivity index (χ1n) is 7.50. The summed E-state index contributed by atoms with van der Waals surface area (Å²) in [5.41, 5.74) is 3.77. The second-order valence-electron chi connectivity index (χ2n) is 5.50. The molecule has 1 amide bonds. The molecule has 22 heavy (non-hydrogen) atoms. The number of allylic oxidation sites excluding steroid dienone is 1. The van der Waals surface area contributed by atoms with Crippen LogP contribution >= 0.6 is 22.6 Å². The van der Waals surface area contributed by atoms with E-state index in [0.29, 0.717) is 6.54 Å². The van der Waals surface area contributed by atoms with Crippen molar-refractivity contribution < 1.29 is 4.79 Å². The number of nitrogens with one attached hydrogen (secondary N) is 1. The minimum Gasteiger partial charge on any atom is -0.348 e. The molecule has 0 saturated heterocycles. The fourth-order valence-corrected chi connectivity index (χ4v) is 3.72. The number of rotatable bonds is 3. The summed E-state index contributed by atoms with van der Waals surface area (Å²) in [6.07, 6.45) is 4.85. The van der Waals surface area contributed by atoms with E-state index in [9.17, 15) is 4.79 Å². The molecule has 0 heterocycles. The molecule has 0 atom stereocenters. The topological polar surface area (TPSA) is 29.1 Å². The van der Waals surface area contributed by atoms with Gasteiger partial charge in [0, 0.05) is 6.54 Å². The lowest BCUT2D eigenvalue weighted by Gasteiger charge is -2.21. The molecule has 0 radical (unpaired) electrons. The van der Waals surface area contributed by atoms with Gasteiger partial charge in [-0.2, -0.15) is 0 Å². The number of carbonyl (C=O) groups is 1. The fourth-order valence-electron chi connectivity index (χ4n) is 2.97. The van der Waals surface area contributed by atoms with Crippen LogP contribution in [0.5, 0.6) is 0 Å². The van der Waals surface area contributed by atoms with Crippen LogP contribution in [0.3, 0.4) is 0 Å². The summed E-state index contributed by atoms with van der Waals surface area (Å²) >= 11 is 2.18. The number of hydrogen-bond donors (Lipinski definition) is 1. The second kappa shape index (κ2) is 6.65. The van der Waals surface area contributed by atoms with Gasteiger partial charge in [-0.3, -0.25) is 4.79 Å². The Bertz CT molecular complexity index is 776. The lowest BCUT2D eigenvalue weighted by atomic mass is 9.85. The summed E-state index contributed by atoms with van der Waals surface area (Å²) < 4.78 is 0.802. The highest BCUT2D eigenvalue weighted by molar-refractivity contribution is 14.1. The van der Waals surface area contributed by atoms with Crippen molar-refractivity contribution >= 4 is 44.8 Å². The van der Waals surface area contributed by atoms with E-state index in [4.69, 9.17) is 0 Å². The summed E-state index contributed by atoms with van der Waals surface area (Å²) in [5.74, 6) is -0.00323. The van der Waals surface area contributed by atoms with E-state index in [1.165, 1.54) is 27.5 Å². The molecule has 0 spiro atoms. The maximum Gasteiger partial charge on any atom is 0.257 e. The van der Waals surface area contributed by atoms with E-state index in [1.807, 2.05) is 0 Å². The normalized spacial score (nSPS) is 16.0. The Labute approximate surface area is 144 Å². The molecule has 2 aromatic rings. The van der Waals surface area contributed by atoms with Gasteiger partial charge in [-0.05, 0) is 75.4 Å². The molecule has 2 nitrogen and oxygen atoms in total. The zero-order chi connectivity index (χ0) is 15.5. The molecule has 2 aromatic carbocycles. The molecule has 3 heteroatoms. The number of halogens is 1. The first-order chi connectivity index (χ1) is 10.7. The highest BCUT2D eigenvalue weighted by Gasteiger charge is 2.20. The molecule has 1 aliphatic carbocycles. The Hall–Kier alpha value is -1.62. The van der Waals surface area contributed by atoms with Gasteiger partial charge in [0.15, 0.2) is 0 Å². The largest absolute Gasteiger partial charge is 0.348 e. The van der Waals surface area contributed by atoms with E-state index in [-0.39, 0.29) is 5.91 Å². The zero-order valence-corrected chi connectivity index (χ0v) is 14.5. The lowest BCUT2D eigenvalue weighted by molar-refractivity contribution is -0.116. The minimum absolute atomic E-state index is 0.00323. The highest BCUT2D eigenvalue weighted by atomic mass is 127. The first-order valence-corrected chi connectivity index (χ1v) is 8.58. The maximum absolute atomic E-state index is 12.3. The van der Waals surface area contributed by atoms with Crippen molar-refractivity contribution in [2.24, 2.45) is 0 Å². The van der Waals surface area contributed by atoms with Gasteiger partial charge in [-0.1, -0.05) is 36.4 Å². The standard InChI is InChI=1S/C19H18INO/c1-2-10-21-19(22)18(20)16-9-5-8-15-11-13-6-3-4-7-14(13)12-17(15)16/h2-4,6-7,11-12H,1,5,8-10H2,(H,21,22)/b18-16+. The zero-order valence-electron chi connectivity index (χ0n) is 12.4. The van der Waals surface area contributed by atoms with Crippen LogP contribution in [0.4, 0.5) is 0 Å². The van der Waals surface area contributed by atoms with Gasteiger partial charge in [0.25, 0.3) is 5.91 Å². The van der Waals surface area contributed by atoms with Crippen LogP contribution in [0, 0.1) is 0 Å². The number of fused-ring (bicyclic) bond motifs is 2. The van der Waals surface area contributed by atoms with E-state index in [0.717, 1.165) is 22.8 Å². The lowest BCUT2D eigenvalue weighted by Crippen LogP contribution is -2.24. The number of benzene rings is 2. The van der Waals surface area contributed by atoms with Crippen LogP contribution in [0.25, 0.3) is 16.3 Å². The van der Waals surface area contributed by atoms with E-state index < -0.39 is 0 Å². The average Bonchev–Trinajstić information content (AvgIpc) is 2.56. The monoisotopic (exact) mass is 403 g/mol. The van der Waals surface area contributed by atoms with Crippen LogP contribution in [0.1, 0.15) is 24.0 Å². The van der Waals surface area contributed by atoms with E-state index in [2.05, 4.69) is 70.9 Å². The van der Waals surface area contributed by atoms with Crippen LogP contribution in [-0.2, 0) is 11.2 Å². The molecule has 3 rings (SSSR count). The van der Waals surface area contributed by atoms with E-state index >= 15 is 0 Å². The predicted octanol–water partition coefficient (Wildman–Crippen LogP) is 4.62. The molecule has 112 valence electrons. The first kappa shape index (κ1) is 15.3. The van der Waals surface area contributed by atoms with Gasteiger partial charge < -0.3 is 5.32 Å². The Morgan fingerprint density at radius 3 is 2.68 bits per heavy atom. The summed E-state index contributed by atoms with van der Waals surface area (Å²) in [6, 6.07) is 12.9. The SMILES string of the molecule is C=CCNC(=O)/C(I)=C1/CCCc2cc3ccccc3cc21. The van der Waals surface area contributed by atoms with Crippen molar-refractivity contribution in [3.8, 4) is 0 Å². The summed E-state index contributed by atoms with van der Waals surface area (Å²) in [7, 11) is 0. The second-order valence-corrected chi connectivity index (χ2v) is 6.58. The Kier molecular flexibility index (Phi) is 4.62. The molecule has 1 N–H and O–H groups in total. The number of carbonyl (C=O) groups excluding carboxylic acids is 1. The van der Waals surface area contributed by atoms with Gasteiger partial charge in [0.05, 0.1) is 3.58 Å². The summed E-state index contributed by atoms with van der Waals surface area (Å²) in [6.45, 7) is 4.14. The maximum atomic E-state index is 12.3. The molecule has 0 unspecified atom stereocenters. The molecule has 0 bridgehead atoms. The van der Waals surface area contributed by atoms with Crippen molar-refractivity contribution in [1.82, 2.24) is 5.32 Å². The van der Waals surface area contributed by atoms with Crippen LogP contribution < -0.4 is 5.32 Å². The molecular weight excluding hydrogens is 385 g/mol. The fraction of sp³-hybridized carbons (Fsp3) is 0.211. The minimum atomic E-state index is -0.00323.